The van der Waals surface area contributed by atoms with Crippen LogP contribution in [0.1, 0.15) is 44.2 Å². The minimum Gasteiger partial charge on any atom is -0.480 e. The molecule has 0 unspecified atom stereocenters. The van der Waals surface area contributed by atoms with Crippen molar-refractivity contribution in [2.45, 2.75) is 69.6 Å². The third kappa shape index (κ3) is 7.24. The lowest BCUT2D eigenvalue weighted by molar-refractivity contribution is -0.161. The van der Waals surface area contributed by atoms with Crippen molar-refractivity contribution in [3.63, 3.8) is 0 Å². The van der Waals surface area contributed by atoms with E-state index in [0.29, 0.717) is 12.0 Å². The summed E-state index contributed by atoms with van der Waals surface area (Å²) in [7, 11) is 0. The Labute approximate surface area is 256 Å². The quantitative estimate of drug-likeness (QED) is 0.309. The van der Waals surface area contributed by atoms with Crippen molar-refractivity contribution in [1.29, 1.82) is 0 Å². The van der Waals surface area contributed by atoms with Gasteiger partial charge in [-0.3, -0.25) is 14.4 Å². The number of carbonyl (C=O) groups is 4. The third-order valence-electron chi connectivity index (χ3n) is 8.51. The lowest BCUT2D eigenvalue weighted by Gasteiger charge is -2.44. The third-order valence-corrected chi connectivity index (χ3v) is 8.51. The van der Waals surface area contributed by atoms with Crippen molar-refractivity contribution in [1.82, 2.24) is 15.1 Å². The Balaban J connectivity index is 1.40. The Morgan fingerprint density at radius 1 is 0.977 bits per heavy atom. The van der Waals surface area contributed by atoms with Gasteiger partial charge in [0.15, 0.2) is 0 Å². The maximum absolute atomic E-state index is 14.1. The normalized spacial score (nSPS) is 18.6. The van der Waals surface area contributed by atoms with Gasteiger partial charge in [0.25, 0.3) is 0 Å². The number of fused-ring (bicyclic) bond motifs is 1. The second-order valence-corrected chi connectivity index (χ2v) is 12.6. The number of aliphatic carboxylic acids is 1. The molecular weight excluding hydrogens is 563 g/mol. The Hall–Kier alpha value is -4.31. The van der Waals surface area contributed by atoms with Crippen molar-refractivity contribution in [2.24, 2.45) is 11.7 Å². The van der Waals surface area contributed by atoms with Crippen molar-refractivity contribution in [3.8, 4) is 0 Å². The van der Waals surface area contributed by atoms with Crippen LogP contribution in [0.25, 0.3) is 10.8 Å². The maximum atomic E-state index is 14.1. The summed E-state index contributed by atoms with van der Waals surface area (Å²) in [5.74, 6) is -2.67. The monoisotopic (exact) mass is 602 g/mol. The van der Waals surface area contributed by atoms with Gasteiger partial charge >= 0.3 is 5.97 Å². The number of carbonyl (C=O) groups excluding carboxylic acids is 3. The zero-order valence-electron chi connectivity index (χ0n) is 25.0. The molecule has 1 heterocycles. The van der Waals surface area contributed by atoms with Gasteiger partial charge in [0, 0.05) is 25.9 Å². The molecule has 232 valence electrons. The number of nitrogens with one attached hydrogen (secondary N) is 1. The van der Waals surface area contributed by atoms with E-state index in [9.17, 15) is 28.7 Å². The fourth-order valence-electron chi connectivity index (χ4n) is 5.80. The van der Waals surface area contributed by atoms with Crippen LogP contribution in [0.3, 0.4) is 0 Å². The van der Waals surface area contributed by atoms with Crippen molar-refractivity contribution < 1.29 is 28.7 Å². The zero-order valence-corrected chi connectivity index (χ0v) is 25.0. The summed E-state index contributed by atoms with van der Waals surface area (Å²) in [6.07, 6.45) is 2.49. The summed E-state index contributed by atoms with van der Waals surface area (Å²) in [6.45, 7) is 3.21. The van der Waals surface area contributed by atoms with Crippen LogP contribution < -0.4 is 11.1 Å². The molecule has 0 bridgehead atoms. The van der Waals surface area contributed by atoms with Gasteiger partial charge in [-0.05, 0) is 60.2 Å². The number of piperazine rings is 1. The SMILES string of the molecule is CC(C)(N)C(=O)N[C@H](Cc1ccc(F)cc1)C(=O)N1CCN([C@@H](Cc2ccc3ccccc3c2)C(=O)O)C(=O)[C@@H]1CC1CC1. The molecule has 3 atom stereocenters. The standard InChI is InChI=1S/C34H39FN4O5/c1-34(2,36)33(44)37-27(18-21-10-13-26(35)14-11-21)30(40)38-15-16-39(31(41)28(38)19-22-7-8-22)29(32(42)43)20-23-9-12-24-5-3-4-6-25(24)17-23/h3-6,9-14,17,22,27-29H,7-8,15-16,18-20,36H2,1-2H3,(H,37,44)(H,42,43)/t27-,28+,29+/m1/s1. The summed E-state index contributed by atoms with van der Waals surface area (Å²) in [5, 5.41) is 15.0. The molecular formula is C34H39FN4O5. The van der Waals surface area contributed by atoms with E-state index in [1.54, 1.807) is 12.1 Å². The number of nitrogens with zero attached hydrogens (tertiary/aromatic N) is 2. The molecule has 5 rings (SSSR count). The number of benzene rings is 3. The van der Waals surface area contributed by atoms with Gasteiger partial charge in [-0.15, -0.1) is 0 Å². The number of hydrogen-bond donors (Lipinski definition) is 3. The summed E-state index contributed by atoms with van der Waals surface area (Å²) in [6, 6.07) is 16.2. The van der Waals surface area contributed by atoms with Crippen LogP contribution in [0, 0.1) is 11.7 Å². The van der Waals surface area contributed by atoms with Crippen LogP contribution >= 0.6 is 0 Å². The predicted octanol–water partition coefficient (Wildman–Crippen LogP) is 3.28. The van der Waals surface area contributed by atoms with Gasteiger partial charge in [-0.1, -0.05) is 67.4 Å². The topological polar surface area (TPSA) is 133 Å². The second-order valence-electron chi connectivity index (χ2n) is 12.6. The van der Waals surface area contributed by atoms with Crippen molar-refractivity contribution in [2.75, 3.05) is 13.1 Å². The molecule has 1 aliphatic carbocycles. The first kappa shape index (κ1) is 31.1. The van der Waals surface area contributed by atoms with Crippen LogP contribution in [-0.2, 0) is 32.0 Å². The fraction of sp³-hybridized carbons (Fsp3) is 0.412. The molecule has 1 aliphatic heterocycles. The highest BCUT2D eigenvalue weighted by atomic mass is 19.1. The molecule has 9 nitrogen and oxygen atoms in total. The fourth-order valence-corrected chi connectivity index (χ4v) is 5.80. The lowest BCUT2D eigenvalue weighted by atomic mass is 9.96. The average Bonchev–Trinajstić information content (AvgIpc) is 3.81. The van der Waals surface area contributed by atoms with E-state index in [1.165, 1.54) is 35.8 Å². The average molecular weight is 603 g/mol. The molecule has 2 fully saturated rings. The molecule has 4 N–H and O–H groups in total. The predicted molar refractivity (Wildman–Crippen MR) is 164 cm³/mol. The Morgan fingerprint density at radius 3 is 2.27 bits per heavy atom. The molecule has 2 aliphatic rings. The minimum absolute atomic E-state index is 0.0376. The molecule has 0 spiro atoms. The first-order valence-corrected chi connectivity index (χ1v) is 15.1. The summed E-state index contributed by atoms with van der Waals surface area (Å²) < 4.78 is 13.6. The van der Waals surface area contributed by atoms with E-state index in [0.717, 1.165) is 29.2 Å². The van der Waals surface area contributed by atoms with Crippen LogP contribution in [0.2, 0.25) is 0 Å². The van der Waals surface area contributed by atoms with E-state index in [-0.39, 0.29) is 31.8 Å². The van der Waals surface area contributed by atoms with Gasteiger partial charge in [-0.25, -0.2) is 9.18 Å². The number of hydrogen-bond acceptors (Lipinski definition) is 5. The highest BCUT2D eigenvalue weighted by Gasteiger charge is 2.45. The van der Waals surface area contributed by atoms with Gasteiger partial charge in [0.1, 0.15) is 23.9 Å². The summed E-state index contributed by atoms with van der Waals surface area (Å²) >= 11 is 0. The summed E-state index contributed by atoms with van der Waals surface area (Å²) in [5.41, 5.74) is 6.18. The number of halogens is 1. The Bertz CT molecular complexity index is 1550. The second kappa shape index (κ2) is 12.7. The van der Waals surface area contributed by atoms with E-state index in [1.807, 2.05) is 42.5 Å². The lowest BCUT2D eigenvalue weighted by Crippen LogP contribution is -2.66. The van der Waals surface area contributed by atoms with E-state index in [2.05, 4.69) is 5.32 Å². The van der Waals surface area contributed by atoms with Crippen LogP contribution in [0.5, 0.6) is 0 Å². The van der Waals surface area contributed by atoms with Gasteiger partial charge in [-0.2, -0.15) is 0 Å². The number of nitrogens with two attached hydrogens (primary N) is 1. The Kier molecular flexibility index (Phi) is 9.01. The molecule has 0 aromatic heterocycles. The number of rotatable bonds is 11. The molecule has 1 saturated carbocycles. The molecule has 1 saturated heterocycles. The van der Waals surface area contributed by atoms with Crippen LogP contribution in [0.4, 0.5) is 4.39 Å². The van der Waals surface area contributed by atoms with E-state index >= 15 is 0 Å². The van der Waals surface area contributed by atoms with Crippen molar-refractivity contribution >= 4 is 34.5 Å². The molecule has 0 radical (unpaired) electrons. The highest BCUT2D eigenvalue weighted by Crippen LogP contribution is 2.36. The number of amides is 3. The molecule has 44 heavy (non-hydrogen) atoms. The van der Waals surface area contributed by atoms with E-state index < -0.39 is 53.2 Å². The molecule has 10 heteroatoms. The molecule has 3 aromatic carbocycles. The zero-order chi connectivity index (χ0) is 31.6. The molecule has 3 amide bonds. The largest absolute Gasteiger partial charge is 0.480 e. The maximum Gasteiger partial charge on any atom is 0.326 e. The van der Waals surface area contributed by atoms with E-state index in [4.69, 9.17) is 5.73 Å². The van der Waals surface area contributed by atoms with Crippen LogP contribution in [-0.4, -0.2) is 75.4 Å². The summed E-state index contributed by atoms with van der Waals surface area (Å²) in [4.78, 5) is 56.5. The first-order chi connectivity index (χ1) is 20.9. The van der Waals surface area contributed by atoms with Gasteiger partial charge in [0.2, 0.25) is 17.7 Å². The smallest absolute Gasteiger partial charge is 0.326 e. The highest BCUT2D eigenvalue weighted by molar-refractivity contribution is 5.96. The van der Waals surface area contributed by atoms with Gasteiger partial charge in [0.05, 0.1) is 5.54 Å². The van der Waals surface area contributed by atoms with Crippen molar-refractivity contribution in [3.05, 3.63) is 83.7 Å². The van der Waals surface area contributed by atoms with Crippen LogP contribution in [0.15, 0.2) is 66.7 Å². The van der Waals surface area contributed by atoms with Gasteiger partial charge < -0.3 is 26.0 Å². The number of carboxylic acids is 1. The molecule has 3 aromatic rings. The Morgan fingerprint density at radius 2 is 1.64 bits per heavy atom. The first-order valence-electron chi connectivity index (χ1n) is 15.1. The minimum atomic E-state index is -1.26. The number of carboxylic acid groups (broad SMARTS) is 1.